The summed E-state index contributed by atoms with van der Waals surface area (Å²) in [5.74, 6) is 0.802. The second kappa shape index (κ2) is 4.89. The molecule has 6 heteroatoms. The van der Waals surface area contributed by atoms with E-state index in [2.05, 4.69) is 15.6 Å². The van der Waals surface area contributed by atoms with Gasteiger partial charge < -0.3 is 20.0 Å². The lowest BCUT2D eigenvalue weighted by Crippen LogP contribution is -2.58. The molecule has 2 N–H and O–H groups in total. The maximum atomic E-state index is 12.0. The number of amides is 1. The average Bonchev–Trinajstić information content (AvgIpc) is 2.94. The third-order valence-corrected chi connectivity index (χ3v) is 3.42. The van der Waals surface area contributed by atoms with Crippen LogP contribution in [0, 0.1) is 0 Å². The maximum absolute atomic E-state index is 12.0. The summed E-state index contributed by atoms with van der Waals surface area (Å²) < 4.78 is 5.39. The van der Waals surface area contributed by atoms with Crippen LogP contribution in [0.1, 0.15) is 0 Å². The lowest BCUT2D eigenvalue weighted by molar-refractivity contribution is -0.122. The molecule has 1 atom stereocenters. The summed E-state index contributed by atoms with van der Waals surface area (Å²) in [6.07, 6.45) is 3.36. The van der Waals surface area contributed by atoms with Crippen molar-refractivity contribution in [3.63, 3.8) is 0 Å². The number of piperazine rings is 1. The minimum Gasteiger partial charge on any atom is -0.464 e. The summed E-state index contributed by atoms with van der Waals surface area (Å²) in [5, 5.41) is 6.89. The zero-order valence-electron chi connectivity index (χ0n) is 10.7. The van der Waals surface area contributed by atoms with Crippen molar-refractivity contribution in [3.8, 4) is 0 Å². The number of nitrogens with one attached hydrogen (secondary N) is 2. The van der Waals surface area contributed by atoms with E-state index in [9.17, 15) is 4.79 Å². The van der Waals surface area contributed by atoms with E-state index in [1.165, 1.54) is 0 Å². The van der Waals surface area contributed by atoms with E-state index in [0.717, 1.165) is 29.9 Å². The Kier molecular flexibility index (Phi) is 3.08. The molecule has 1 aliphatic rings. The first-order valence-electron chi connectivity index (χ1n) is 6.32. The van der Waals surface area contributed by atoms with Gasteiger partial charge in [0.25, 0.3) is 0 Å². The molecule has 0 bridgehead atoms. The van der Waals surface area contributed by atoms with Crippen LogP contribution in [-0.2, 0) is 4.79 Å². The number of anilines is 1. The number of likely N-dealkylation sites (N-methyl/N-ethyl adjacent to an activating group) is 1. The molecule has 1 amide bonds. The highest BCUT2D eigenvalue weighted by Crippen LogP contribution is 2.27. The van der Waals surface area contributed by atoms with Gasteiger partial charge in [-0.15, -0.1) is 0 Å². The number of carbonyl (C=O) groups is 1. The molecule has 1 aliphatic heterocycles. The van der Waals surface area contributed by atoms with Gasteiger partial charge in [-0.3, -0.25) is 4.79 Å². The average molecular weight is 260 g/mol. The molecule has 1 unspecified atom stereocenters. The minimum atomic E-state index is -0.244. The highest BCUT2D eigenvalue weighted by atomic mass is 16.3. The Morgan fingerprint density at radius 3 is 3.32 bits per heavy atom. The molecule has 19 heavy (non-hydrogen) atoms. The van der Waals surface area contributed by atoms with Crippen molar-refractivity contribution in [1.29, 1.82) is 0 Å². The van der Waals surface area contributed by atoms with E-state index in [0.29, 0.717) is 6.54 Å². The molecule has 0 spiro atoms. The van der Waals surface area contributed by atoms with Gasteiger partial charge in [-0.2, -0.15) is 0 Å². The minimum absolute atomic E-state index is 0.00509. The molecule has 0 saturated carbocycles. The zero-order chi connectivity index (χ0) is 13.2. The van der Waals surface area contributed by atoms with E-state index in [1.807, 2.05) is 17.0 Å². The third kappa shape index (κ3) is 2.04. The number of hydrogen-bond acceptors (Lipinski definition) is 5. The molecule has 0 aliphatic carbocycles. The van der Waals surface area contributed by atoms with E-state index < -0.39 is 0 Å². The highest BCUT2D eigenvalue weighted by molar-refractivity contribution is 5.92. The standard InChI is InChI=1S/C13H16N4O2/c1-14-13(18)10-8-15-5-6-17(10)12-9-3-7-19-11(9)2-4-16-12/h2-4,7,10,15H,5-6,8H2,1H3,(H,14,18). The molecule has 3 heterocycles. The molecule has 2 aromatic heterocycles. The first-order valence-corrected chi connectivity index (χ1v) is 6.32. The number of hydrogen-bond donors (Lipinski definition) is 2. The van der Waals surface area contributed by atoms with E-state index in [-0.39, 0.29) is 11.9 Å². The van der Waals surface area contributed by atoms with Crippen LogP contribution in [0.5, 0.6) is 0 Å². The van der Waals surface area contributed by atoms with Crippen molar-refractivity contribution < 1.29 is 9.21 Å². The molecular formula is C13H16N4O2. The Hall–Kier alpha value is -2.08. The number of aromatic nitrogens is 1. The molecular weight excluding hydrogens is 244 g/mol. The van der Waals surface area contributed by atoms with Gasteiger partial charge in [0.15, 0.2) is 0 Å². The number of nitrogens with zero attached hydrogens (tertiary/aromatic N) is 2. The fourth-order valence-corrected chi connectivity index (χ4v) is 2.47. The van der Waals surface area contributed by atoms with Crippen molar-refractivity contribution in [2.24, 2.45) is 0 Å². The van der Waals surface area contributed by atoms with Gasteiger partial charge in [0.1, 0.15) is 17.4 Å². The Bertz CT molecular complexity index is 595. The quantitative estimate of drug-likeness (QED) is 0.815. The van der Waals surface area contributed by atoms with Crippen LogP contribution in [0.25, 0.3) is 11.0 Å². The fraction of sp³-hybridized carbons (Fsp3) is 0.385. The fourth-order valence-electron chi connectivity index (χ4n) is 2.47. The van der Waals surface area contributed by atoms with Crippen molar-refractivity contribution in [1.82, 2.24) is 15.6 Å². The van der Waals surface area contributed by atoms with E-state index in [4.69, 9.17) is 4.42 Å². The molecule has 100 valence electrons. The summed E-state index contributed by atoms with van der Waals surface area (Å²) in [6, 6.07) is 3.48. The summed E-state index contributed by atoms with van der Waals surface area (Å²) in [4.78, 5) is 18.4. The van der Waals surface area contributed by atoms with Crippen molar-refractivity contribution in [2.45, 2.75) is 6.04 Å². The molecule has 6 nitrogen and oxygen atoms in total. The second-order valence-corrected chi connectivity index (χ2v) is 4.49. The van der Waals surface area contributed by atoms with Gasteiger partial charge in [-0.05, 0) is 12.1 Å². The summed E-state index contributed by atoms with van der Waals surface area (Å²) in [5.41, 5.74) is 0.791. The summed E-state index contributed by atoms with van der Waals surface area (Å²) >= 11 is 0. The highest BCUT2D eigenvalue weighted by Gasteiger charge is 2.30. The van der Waals surface area contributed by atoms with Crippen LogP contribution < -0.4 is 15.5 Å². The Balaban J connectivity index is 2.02. The molecule has 0 radical (unpaired) electrons. The zero-order valence-corrected chi connectivity index (χ0v) is 10.7. The van der Waals surface area contributed by atoms with Crippen LogP contribution in [0.15, 0.2) is 29.0 Å². The summed E-state index contributed by atoms with van der Waals surface area (Å²) in [6.45, 7) is 2.20. The third-order valence-electron chi connectivity index (χ3n) is 3.42. The smallest absolute Gasteiger partial charge is 0.243 e. The van der Waals surface area contributed by atoms with Crippen molar-refractivity contribution >= 4 is 22.7 Å². The molecule has 1 saturated heterocycles. The molecule has 3 rings (SSSR count). The molecule has 1 fully saturated rings. The van der Waals surface area contributed by atoms with Gasteiger partial charge in [0.05, 0.1) is 11.6 Å². The van der Waals surface area contributed by atoms with Gasteiger partial charge in [-0.25, -0.2) is 4.98 Å². The number of furan rings is 1. The Morgan fingerprint density at radius 2 is 2.47 bits per heavy atom. The van der Waals surface area contributed by atoms with Gasteiger partial charge in [0.2, 0.25) is 5.91 Å². The SMILES string of the molecule is CNC(=O)C1CNCCN1c1nccc2occc12. The van der Waals surface area contributed by atoms with Crippen molar-refractivity contribution in [2.75, 3.05) is 31.6 Å². The number of pyridine rings is 1. The topological polar surface area (TPSA) is 70.4 Å². The van der Waals surface area contributed by atoms with Crippen LogP contribution >= 0.6 is 0 Å². The monoisotopic (exact) mass is 260 g/mol. The van der Waals surface area contributed by atoms with Crippen LogP contribution in [0.4, 0.5) is 5.82 Å². The predicted molar refractivity (Wildman–Crippen MR) is 72.1 cm³/mol. The van der Waals surface area contributed by atoms with Crippen LogP contribution in [0.2, 0.25) is 0 Å². The van der Waals surface area contributed by atoms with E-state index >= 15 is 0 Å². The lowest BCUT2D eigenvalue weighted by atomic mass is 10.1. The van der Waals surface area contributed by atoms with Gasteiger partial charge in [0, 0.05) is 32.9 Å². The lowest BCUT2D eigenvalue weighted by Gasteiger charge is -2.36. The van der Waals surface area contributed by atoms with Gasteiger partial charge in [-0.1, -0.05) is 0 Å². The predicted octanol–water partition coefficient (Wildman–Crippen LogP) is 0.352. The van der Waals surface area contributed by atoms with Crippen LogP contribution in [-0.4, -0.2) is 43.6 Å². The van der Waals surface area contributed by atoms with Crippen LogP contribution in [0.3, 0.4) is 0 Å². The molecule has 2 aromatic rings. The maximum Gasteiger partial charge on any atom is 0.243 e. The Labute approximate surface area is 110 Å². The number of fused-ring (bicyclic) bond motifs is 1. The first kappa shape index (κ1) is 12.0. The largest absolute Gasteiger partial charge is 0.464 e. The second-order valence-electron chi connectivity index (χ2n) is 4.49. The number of carbonyl (C=O) groups excluding carboxylic acids is 1. The number of rotatable bonds is 2. The normalized spacial score (nSPS) is 19.6. The first-order chi connectivity index (χ1) is 9.31. The van der Waals surface area contributed by atoms with Crippen molar-refractivity contribution in [3.05, 3.63) is 24.6 Å². The Morgan fingerprint density at radius 1 is 1.58 bits per heavy atom. The van der Waals surface area contributed by atoms with Gasteiger partial charge >= 0.3 is 0 Å². The molecule has 0 aromatic carbocycles. The van der Waals surface area contributed by atoms with E-state index in [1.54, 1.807) is 19.5 Å². The summed E-state index contributed by atoms with van der Waals surface area (Å²) in [7, 11) is 1.65.